The topological polar surface area (TPSA) is 102 Å². The van der Waals surface area contributed by atoms with Crippen molar-refractivity contribution >= 4 is 12.2 Å². The molecule has 0 aromatic heterocycles. The van der Waals surface area contributed by atoms with Gasteiger partial charge in [0.05, 0.1) is 12.0 Å². The van der Waals surface area contributed by atoms with Crippen molar-refractivity contribution in [1.29, 1.82) is 0 Å². The quantitative estimate of drug-likeness (QED) is 0.270. The van der Waals surface area contributed by atoms with Gasteiger partial charge in [-0.15, -0.1) is 0 Å². The van der Waals surface area contributed by atoms with Crippen molar-refractivity contribution in [2.75, 3.05) is 7.11 Å². The molecule has 1 aliphatic heterocycles. The standard InChI is InChI=1S/C7H8N2O5/c1-14-6(10)5-7(11,9(12)13)3-2-4-8-5/h2-5,11H,1H3. The van der Waals surface area contributed by atoms with E-state index in [0.29, 0.717) is 0 Å². The summed E-state index contributed by atoms with van der Waals surface area (Å²) in [6.07, 6.45) is 3.28. The molecular formula is C7H8N2O5. The van der Waals surface area contributed by atoms with Crippen molar-refractivity contribution in [2.24, 2.45) is 4.99 Å². The van der Waals surface area contributed by atoms with Gasteiger partial charge in [-0.2, -0.15) is 0 Å². The predicted molar refractivity (Wildman–Crippen MR) is 45.4 cm³/mol. The third-order valence-corrected chi connectivity index (χ3v) is 1.78. The van der Waals surface area contributed by atoms with Crippen LogP contribution in [0.1, 0.15) is 0 Å². The zero-order valence-electron chi connectivity index (χ0n) is 7.28. The van der Waals surface area contributed by atoms with Gasteiger partial charge in [-0.1, -0.05) is 0 Å². The first-order valence-corrected chi connectivity index (χ1v) is 3.68. The molecule has 0 radical (unpaired) electrons. The lowest BCUT2D eigenvalue weighted by Gasteiger charge is -2.22. The Hall–Kier alpha value is -1.76. The minimum Gasteiger partial charge on any atom is -0.467 e. The fraction of sp³-hybridized carbons (Fsp3) is 0.429. The van der Waals surface area contributed by atoms with Crippen molar-refractivity contribution in [1.82, 2.24) is 0 Å². The lowest BCUT2D eigenvalue weighted by Crippen LogP contribution is -2.52. The second-order valence-electron chi connectivity index (χ2n) is 2.62. The number of dihydropyridines is 1. The largest absolute Gasteiger partial charge is 0.467 e. The van der Waals surface area contributed by atoms with Crippen LogP contribution in [0.25, 0.3) is 0 Å². The molecule has 0 aromatic rings. The second-order valence-corrected chi connectivity index (χ2v) is 2.62. The Labute approximate surface area is 78.9 Å². The van der Waals surface area contributed by atoms with Crippen molar-refractivity contribution in [3.63, 3.8) is 0 Å². The SMILES string of the molecule is COC(=O)C1N=CC=CC1(O)[N+](=O)[O-]. The Balaban J connectivity index is 3.04. The maximum atomic E-state index is 11.1. The molecule has 0 aromatic carbocycles. The fourth-order valence-electron chi connectivity index (χ4n) is 1.03. The molecule has 1 heterocycles. The van der Waals surface area contributed by atoms with Crippen molar-refractivity contribution in [3.05, 3.63) is 22.3 Å². The van der Waals surface area contributed by atoms with Gasteiger partial charge < -0.3 is 9.84 Å². The third-order valence-electron chi connectivity index (χ3n) is 1.78. The summed E-state index contributed by atoms with van der Waals surface area (Å²) in [4.78, 5) is 24.1. The van der Waals surface area contributed by atoms with Gasteiger partial charge in [-0.3, -0.25) is 15.1 Å². The average Bonchev–Trinajstić information content (AvgIpc) is 2.17. The van der Waals surface area contributed by atoms with E-state index in [9.17, 15) is 20.0 Å². The number of methoxy groups -OCH3 is 1. The van der Waals surface area contributed by atoms with E-state index in [0.717, 1.165) is 13.2 Å². The molecule has 0 saturated carbocycles. The number of hydrogen-bond donors (Lipinski definition) is 1. The molecule has 7 nitrogen and oxygen atoms in total. The summed E-state index contributed by atoms with van der Waals surface area (Å²) < 4.78 is 4.28. The number of carbonyl (C=O) groups is 1. The van der Waals surface area contributed by atoms with Gasteiger partial charge in [-0.05, 0) is 6.08 Å². The summed E-state index contributed by atoms with van der Waals surface area (Å²) in [6, 6.07) is -1.55. The van der Waals surface area contributed by atoms with Crippen LogP contribution in [0.15, 0.2) is 17.1 Å². The van der Waals surface area contributed by atoms with Crippen LogP contribution in [0.2, 0.25) is 0 Å². The maximum absolute atomic E-state index is 11.1. The zero-order valence-corrected chi connectivity index (χ0v) is 7.28. The Morgan fingerprint density at radius 3 is 2.93 bits per heavy atom. The molecule has 2 unspecified atom stereocenters. The molecule has 0 spiro atoms. The fourth-order valence-corrected chi connectivity index (χ4v) is 1.03. The number of aliphatic hydroxyl groups is 1. The molecule has 0 fully saturated rings. The molecule has 0 saturated heterocycles. The predicted octanol–water partition coefficient (Wildman–Crippen LogP) is -0.866. The van der Waals surface area contributed by atoms with E-state index in [4.69, 9.17) is 0 Å². The molecule has 2 atom stereocenters. The van der Waals surface area contributed by atoms with Crippen LogP contribution in [0.4, 0.5) is 0 Å². The number of ether oxygens (including phenoxy) is 1. The molecule has 0 aliphatic carbocycles. The molecule has 76 valence electrons. The Bertz CT molecular complexity index is 324. The average molecular weight is 200 g/mol. The minimum atomic E-state index is -2.51. The summed E-state index contributed by atoms with van der Waals surface area (Å²) in [7, 11) is 1.07. The normalized spacial score (nSPS) is 30.0. The van der Waals surface area contributed by atoms with E-state index in [1.54, 1.807) is 0 Å². The number of carbonyl (C=O) groups excluding carboxylic acids is 1. The number of rotatable bonds is 2. The molecule has 7 heteroatoms. The van der Waals surface area contributed by atoms with Crippen LogP contribution in [-0.4, -0.2) is 41.1 Å². The molecule has 14 heavy (non-hydrogen) atoms. The van der Waals surface area contributed by atoms with Gasteiger partial charge in [0.1, 0.15) is 0 Å². The Kier molecular flexibility index (Phi) is 2.61. The lowest BCUT2D eigenvalue weighted by molar-refractivity contribution is -0.609. The number of allylic oxidation sites excluding steroid dienone is 1. The van der Waals surface area contributed by atoms with Gasteiger partial charge in [0.2, 0.25) is 6.04 Å². The third kappa shape index (κ3) is 1.49. The number of hydrogen-bond acceptors (Lipinski definition) is 6. The number of nitrogens with zero attached hydrogens (tertiary/aromatic N) is 2. The monoisotopic (exact) mass is 200 g/mol. The molecule has 1 N–H and O–H groups in total. The van der Waals surface area contributed by atoms with Gasteiger partial charge in [0.15, 0.2) is 0 Å². The van der Waals surface area contributed by atoms with Gasteiger partial charge in [0.25, 0.3) is 0 Å². The smallest absolute Gasteiger partial charge is 0.375 e. The Morgan fingerprint density at radius 2 is 2.43 bits per heavy atom. The van der Waals surface area contributed by atoms with Crippen LogP contribution in [0.5, 0.6) is 0 Å². The summed E-state index contributed by atoms with van der Waals surface area (Å²) in [6.45, 7) is 0. The van der Waals surface area contributed by atoms with Crippen LogP contribution in [0.3, 0.4) is 0 Å². The van der Waals surface area contributed by atoms with Crippen molar-refractivity contribution in [3.8, 4) is 0 Å². The van der Waals surface area contributed by atoms with E-state index in [1.165, 1.54) is 12.3 Å². The van der Waals surface area contributed by atoms with Gasteiger partial charge in [0, 0.05) is 12.3 Å². The summed E-state index contributed by atoms with van der Waals surface area (Å²) >= 11 is 0. The zero-order chi connectivity index (χ0) is 10.8. The Morgan fingerprint density at radius 1 is 1.79 bits per heavy atom. The first kappa shape index (κ1) is 10.3. The van der Waals surface area contributed by atoms with Crippen molar-refractivity contribution in [2.45, 2.75) is 11.8 Å². The van der Waals surface area contributed by atoms with Gasteiger partial charge >= 0.3 is 11.7 Å². The molecule has 1 rings (SSSR count). The van der Waals surface area contributed by atoms with Crippen LogP contribution in [0, 0.1) is 10.1 Å². The molecule has 0 amide bonds. The highest BCUT2D eigenvalue weighted by molar-refractivity contribution is 5.83. The summed E-state index contributed by atoms with van der Waals surface area (Å²) in [5, 5.41) is 20.0. The highest BCUT2D eigenvalue weighted by atomic mass is 16.7. The minimum absolute atomic E-state index is 0.890. The number of esters is 1. The van der Waals surface area contributed by atoms with Crippen LogP contribution in [-0.2, 0) is 9.53 Å². The van der Waals surface area contributed by atoms with E-state index >= 15 is 0 Å². The number of aliphatic imine (C=N–C) groups is 1. The van der Waals surface area contributed by atoms with E-state index in [2.05, 4.69) is 9.73 Å². The summed E-state index contributed by atoms with van der Waals surface area (Å²) in [5.74, 6) is -0.954. The number of nitro groups is 1. The molecule has 0 bridgehead atoms. The van der Waals surface area contributed by atoms with E-state index in [-0.39, 0.29) is 0 Å². The summed E-state index contributed by atoms with van der Waals surface area (Å²) in [5.41, 5.74) is -2.51. The van der Waals surface area contributed by atoms with Crippen LogP contribution < -0.4 is 0 Å². The van der Waals surface area contributed by atoms with Gasteiger partial charge in [-0.25, -0.2) is 4.79 Å². The lowest BCUT2D eigenvalue weighted by atomic mass is 10.0. The second kappa shape index (κ2) is 3.54. The van der Waals surface area contributed by atoms with Crippen LogP contribution >= 0.6 is 0 Å². The van der Waals surface area contributed by atoms with E-state index < -0.39 is 22.7 Å². The van der Waals surface area contributed by atoms with E-state index in [1.807, 2.05) is 0 Å². The first-order valence-electron chi connectivity index (χ1n) is 3.68. The first-order chi connectivity index (χ1) is 6.52. The van der Waals surface area contributed by atoms with Crippen molar-refractivity contribution < 1.29 is 19.6 Å². The highest BCUT2D eigenvalue weighted by Gasteiger charge is 2.52. The molecule has 1 aliphatic rings. The maximum Gasteiger partial charge on any atom is 0.375 e. The molecular weight excluding hydrogens is 192 g/mol. The highest BCUT2D eigenvalue weighted by Crippen LogP contribution is 2.20.